The summed E-state index contributed by atoms with van der Waals surface area (Å²) in [6.07, 6.45) is 0. The highest BCUT2D eigenvalue weighted by Gasteiger charge is 2.38. The Bertz CT molecular complexity index is 762. The molecular weight excluding hydrogens is 426 g/mol. The molecule has 0 saturated heterocycles. The molecule has 176 valence electrons. The van der Waals surface area contributed by atoms with Gasteiger partial charge in [0.2, 0.25) is 7.37 Å². The topological polar surface area (TPSA) is 52.6 Å². The van der Waals surface area contributed by atoms with E-state index in [1.165, 1.54) is 0 Å². The Balaban J connectivity index is 0. The lowest BCUT2D eigenvalue weighted by Gasteiger charge is -2.27. The molecule has 0 bridgehead atoms. The first-order valence-corrected chi connectivity index (χ1v) is 14.1. The minimum Gasteiger partial charge on any atom is -0.443 e. The van der Waals surface area contributed by atoms with E-state index in [-0.39, 0.29) is 10.3 Å². The summed E-state index contributed by atoms with van der Waals surface area (Å²) in [5.74, 6) is 1.34. The van der Waals surface area contributed by atoms with Crippen molar-refractivity contribution in [2.45, 2.75) is 79.5 Å². The predicted octanol–water partition coefficient (Wildman–Crippen LogP) is 9.43. The Labute approximate surface area is 192 Å². The van der Waals surface area contributed by atoms with Gasteiger partial charge in [-0.2, -0.15) is 0 Å². The van der Waals surface area contributed by atoms with Gasteiger partial charge in [-0.15, -0.1) is 0 Å². The smallest absolute Gasteiger partial charge is 0.443 e. The SMILES string of the molecule is CC.CC.CC(C)(C)P(C)(=O)Oc1ccccc1.CC(C)(C)[P+](=O)Oc1ccccc1. The first-order chi connectivity index (χ1) is 14.3. The van der Waals surface area contributed by atoms with Crippen molar-refractivity contribution in [2.75, 3.05) is 6.66 Å². The van der Waals surface area contributed by atoms with E-state index in [0.717, 1.165) is 0 Å². The van der Waals surface area contributed by atoms with Crippen LogP contribution >= 0.6 is 15.4 Å². The second kappa shape index (κ2) is 15.2. The average Bonchev–Trinajstić information content (AvgIpc) is 2.71. The number of hydrogen-bond acceptors (Lipinski definition) is 4. The molecule has 6 heteroatoms. The summed E-state index contributed by atoms with van der Waals surface area (Å²) in [6, 6.07) is 18.5. The van der Waals surface area contributed by atoms with Crippen LogP contribution in [-0.4, -0.2) is 17.0 Å². The molecule has 0 radical (unpaired) electrons. The van der Waals surface area contributed by atoms with Gasteiger partial charge < -0.3 is 4.52 Å². The van der Waals surface area contributed by atoms with Crippen LogP contribution in [0.15, 0.2) is 60.7 Å². The van der Waals surface area contributed by atoms with Gasteiger partial charge in [0, 0.05) is 11.8 Å². The fraction of sp³-hybridized carbons (Fsp3) is 0.520. The van der Waals surface area contributed by atoms with Crippen molar-refractivity contribution in [3.05, 3.63) is 60.7 Å². The van der Waals surface area contributed by atoms with E-state index in [0.29, 0.717) is 11.5 Å². The molecule has 0 saturated carbocycles. The third-order valence-electron chi connectivity index (χ3n) is 3.72. The molecule has 0 amide bonds. The molecule has 2 aromatic carbocycles. The van der Waals surface area contributed by atoms with Crippen LogP contribution in [0.1, 0.15) is 69.2 Å². The van der Waals surface area contributed by atoms with Crippen LogP contribution in [0.4, 0.5) is 0 Å². The Kier molecular flexibility index (Phi) is 15.5. The van der Waals surface area contributed by atoms with Crippen molar-refractivity contribution in [1.29, 1.82) is 0 Å². The summed E-state index contributed by atoms with van der Waals surface area (Å²) >= 11 is 0. The minimum absolute atomic E-state index is 0.300. The van der Waals surface area contributed by atoms with Crippen LogP contribution < -0.4 is 9.05 Å². The molecule has 0 fully saturated rings. The Morgan fingerprint density at radius 3 is 1.39 bits per heavy atom. The number of benzene rings is 2. The van der Waals surface area contributed by atoms with Gasteiger partial charge in [-0.1, -0.05) is 84.9 Å². The molecule has 0 aliphatic heterocycles. The van der Waals surface area contributed by atoms with E-state index in [1.54, 1.807) is 18.8 Å². The molecule has 0 heterocycles. The molecule has 2 atom stereocenters. The summed E-state index contributed by atoms with van der Waals surface area (Å²) in [5, 5.41) is -0.617. The van der Waals surface area contributed by atoms with Crippen molar-refractivity contribution in [3.8, 4) is 11.5 Å². The molecule has 31 heavy (non-hydrogen) atoms. The van der Waals surface area contributed by atoms with E-state index in [1.807, 2.05) is 118 Å². The molecule has 0 aromatic heterocycles. The zero-order valence-electron chi connectivity index (χ0n) is 21.3. The highest BCUT2D eigenvalue weighted by Crippen LogP contribution is 2.54. The summed E-state index contributed by atoms with van der Waals surface area (Å²) in [7, 11) is -4.25. The maximum absolute atomic E-state index is 12.2. The highest BCUT2D eigenvalue weighted by molar-refractivity contribution is 7.60. The third-order valence-corrected chi connectivity index (χ3v) is 8.19. The molecular formula is C25H43O4P2+. The maximum Gasteiger partial charge on any atom is 0.561 e. The maximum atomic E-state index is 12.2. The van der Waals surface area contributed by atoms with E-state index >= 15 is 0 Å². The predicted molar refractivity (Wildman–Crippen MR) is 137 cm³/mol. The molecule has 2 rings (SSSR count). The van der Waals surface area contributed by atoms with Crippen LogP contribution in [0.2, 0.25) is 0 Å². The van der Waals surface area contributed by atoms with Crippen LogP contribution in [0.3, 0.4) is 0 Å². The second-order valence-corrected chi connectivity index (χ2v) is 13.5. The van der Waals surface area contributed by atoms with E-state index < -0.39 is 15.4 Å². The van der Waals surface area contributed by atoms with Gasteiger partial charge in [0.05, 0.1) is 0 Å². The number of hydrogen-bond donors (Lipinski definition) is 0. The molecule has 4 nitrogen and oxygen atoms in total. The second-order valence-electron chi connectivity index (χ2n) is 8.25. The third kappa shape index (κ3) is 13.4. The van der Waals surface area contributed by atoms with Gasteiger partial charge in [-0.3, -0.25) is 9.09 Å². The lowest BCUT2D eigenvalue weighted by Crippen LogP contribution is -2.17. The summed E-state index contributed by atoms with van der Waals surface area (Å²) in [5.41, 5.74) is 0. The van der Waals surface area contributed by atoms with Crippen LogP contribution in [-0.2, 0) is 9.13 Å². The summed E-state index contributed by atoms with van der Waals surface area (Å²) in [6.45, 7) is 21.2. The van der Waals surface area contributed by atoms with Crippen LogP contribution in [0.5, 0.6) is 11.5 Å². The van der Waals surface area contributed by atoms with Gasteiger partial charge in [0.15, 0.2) is 10.9 Å². The molecule has 2 aromatic rings. The Morgan fingerprint density at radius 1 is 0.710 bits per heavy atom. The van der Waals surface area contributed by atoms with Gasteiger partial charge >= 0.3 is 8.03 Å². The lowest BCUT2D eigenvalue weighted by atomic mass is 10.3. The molecule has 0 spiro atoms. The minimum atomic E-state index is -2.60. The van der Waals surface area contributed by atoms with Gasteiger partial charge in [0.25, 0.3) is 0 Å². The fourth-order valence-electron chi connectivity index (χ4n) is 1.53. The fourth-order valence-corrected chi connectivity index (χ4v) is 2.92. The quantitative estimate of drug-likeness (QED) is 0.418. The Morgan fingerprint density at radius 2 is 1.06 bits per heavy atom. The summed E-state index contributed by atoms with van der Waals surface area (Å²) < 4.78 is 34.6. The zero-order chi connectivity index (χ0) is 24.7. The van der Waals surface area contributed by atoms with Crippen LogP contribution in [0, 0.1) is 0 Å². The van der Waals surface area contributed by atoms with Gasteiger partial charge in [0.1, 0.15) is 5.75 Å². The zero-order valence-corrected chi connectivity index (χ0v) is 23.1. The lowest BCUT2D eigenvalue weighted by molar-refractivity contribution is 0.457. The molecule has 0 aliphatic carbocycles. The normalized spacial score (nSPS) is 12.8. The number of rotatable bonds is 4. The molecule has 0 aliphatic rings. The van der Waals surface area contributed by atoms with Crippen molar-refractivity contribution in [3.63, 3.8) is 0 Å². The largest absolute Gasteiger partial charge is 0.561 e. The van der Waals surface area contributed by atoms with E-state index in [4.69, 9.17) is 9.05 Å². The standard InChI is InChI=1S/C11H17O2P.C10H14O2P.2C2H6/c1-11(2,3)14(4,12)13-10-8-6-5-7-9-10;1-10(2,3)13(11)12-9-7-5-4-6-8-9;2*1-2/h5-9H,1-4H3;4-8H,1-3H3;2*1-2H3/q;+1;;. The summed E-state index contributed by atoms with van der Waals surface area (Å²) in [4.78, 5) is 0. The van der Waals surface area contributed by atoms with Crippen molar-refractivity contribution in [2.24, 2.45) is 0 Å². The van der Waals surface area contributed by atoms with Gasteiger partial charge in [-0.25, -0.2) is 0 Å². The van der Waals surface area contributed by atoms with Crippen molar-refractivity contribution < 1.29 is 18.2 Å². The molecule has 0 N–H and O–H groups in total. The number of para-hydroxylation sites is 2. The van der Waals surface area contributed by atoms with E-state index in [2.05, 4.69) is 0 Å². The van der Waals surface area contributed by atoms with Gasteiger partial charge in [-0.05, 0) is 49.6 Å². The van der Waals surface area contributed by atoms with Crippen molar-refractivity contribution in [1.82, 2.24) is 0 Å². The Hall–Kier alpha value is -1.63. The average molecular weight is 470 g/mol. The first-order valence-electron chi connectivity index (χ1n) is 10.9. The van der Waals surface area contributed by atoms with E-state index in [9.17, 15) is 9.13 Å². The van der Waals surface area contributed by atoms with Crippen molar-refractivity contribution >= 4 is 15.4 Å². The molecule has 2 unspecified atom stereocenters. The highest BCUT2D eigenvalue weighted by atomic mass is 31.2. The first kappa shape index (κ1) is 31.6. The van der Waals surface area contributed by atoms with Crippen LogP contribution in [0.25, 0.3) is 0 Å². The monoisotopic (exact) mass is 469 g/mol.